The van der Waals surface area contributed by atoms with E-state index in [1.807, 2.05) is 6.92 Å². The van der Waals surface area contributed by atoms with Gasteiger partial charge in [-0.05, 0) is 19.4 Å². The summed E-state index contributed by atoms with van der Waals surface area (Å²) in [6.07, 6.45) is -3.88. The van der Waals surface area contributed by atoms with E-state index in [-0.39, 0.29) is 16.5 Å². The molecule has 1 aromatic carbocycles. The van der Waals surface area contributed by atoms with E-state index in [2.05, 4.69) is 9.97 Å². The van der Waals surface area contributed by atoms with Crippen LogP contribution >= 0.6 is 11.6 Å². The third-order valence-electron chi connectivity index (χ3n) is 3.00. The Hall–Kier alpha value is -1.62. The molecule has 0 N–H and O–H groups in total. The molecule has 106 valence electrons. The summed E-state index contributed by atoms with van der Waals surface area (Å²) in [5.41, 5.74) is 0.526. The van der Waals surface area contributed by atoms with Crippen LogP contribution in [0.1, 0.15) is 23.7 Å². The van der Waals surface area contributed by atoms with Crippen LogP contribution in [0.2, 0.25) is 5.15 Å². The zero-order valence-corrected chi connectivity index (χ0v) is 11.7. The molecule has 0 bridgehead atoms. The number of aromatic nitrogens is 2. The summed E-state index contributed by atoms with van der Waals surface area (Å²) in [5, 5.41) is 0.184. The number of benzene rings is 1. The fraction of sp³-hybridized carbons (Fsp3) is 0.286. The minimum atomic E-state index is -4.45. The second-order valence-corrected chi connectivity index (χ2v) is 4.66. The van der Waals surface area contributed by atoms with E-state index in [0.717, 1.165) is 6.07 Å². The van der Waals surface area contributed by atoms with E-state index in [0.29, 0.717) is 17.7 Å². The SMILES string of the molecule is CCc1nc(-c2ccccc2C(F)(F)F)nc(Cl)c1C. The Morgan fingerprint density at radius 3 is 2.40 bits per heavy atom. The van der Waals surface area contributed by atoms with E-state index >= 15 is 0 Å². The monoisotopic (exact) mass is 300 g/mol. The highest BCUT2D eigenvalue weighted by molar-refractivity contribution is 6.30. The maximum atomic E-state index is 13.0. The summed E-state index contributed by atoms with van der Waals surface area (Å²) in [7, 11) is 0. The molecule has 0 aliphatic heterocycles. The minimum absolute atomic E-state index is 0.00498. The largest absolute Gasteiger partial charge is 0.417 e. The molecule has 2 nitrogen and oxygen atoms in total. The lowest BCUT2D eigenvalue weighted by Gasteiger charge is -2.13. The standard InChI is InChI=1S/C14H12ClF3N2/c1-3-11-8(2)12(15)20-13(19-11)9-6-4-5-7-10(9)14(16,17)18/h4-7H,3H2,1-2H3. The average Bonchev–Trinajstić information content (AvgIpc) is 2.40. The zero-order chi connectivity index (χ0) is 14.9. The van der Waals surface area contributed by atoms with E-state index < -0.39 is 11.7 Å². The quantitative estimate of drug-likeness (QED) is 0.752. The van der Waals surface area contributed by atoms with Crippen LogP contribution in [0.5, 0.6) is 0 Å². The Bertz CT molecular complexity index is 639. The van der Waals surface area contributed by atoms with Crippen molar-refractivity contribution in [1.29, 1.82) is 0 Å². The molecule has 0 aliphatic rings. The van der Waals surface area contributed by atoms with Crippen LogP contribution in [0, 0.1) is 6.92 Å². The van der Waals surface area contributed by atoms with Crippen LogP contribution in [0.15, 0.2) is 24.3 Å². The van der Waals surface area contributed by atoms with Gasteiger partial charge in [-0.25, -0.2) is 9.97 Å². The minimum Gasteiger partial charge on any atom is -0.233 e. The number of hydrogen-bond donors (Lipinski definition) is 0. The molecule has 1 heterocycles. The molecule has 2 aromatic rings. The van der Waals surface area contributed by atoms with Gasteiger partial charge in [0.15, 0.2) is 5.82 Å². The first-order valence-electron chi connectivity index (χ1n) is 6.04. The van der Waals surface area contributed by atoms with Crippen molar-refractivity contribution in [3.05, 3.63) is 46.2 Å². The molecule has 0 aliphatic carbocycles. The molecule has 0 saturated carbocycles. The van der Waals surface area contributed by atoms with Crippen LogP contribution in [0.3, 0.4) is 0 Å². The van der Waals surface area contributed by atoms with Crippen molar-refractivity contribution in [1.82, 2.24) is 9.97 Å². The van der Waals surface area contributed by atoms with E-state index in [1.165, 1.54) is 18.2 Å². The molecule has 1 aromatic heterocycles. The van der Waals surface area contributed by atoms with Crippen molar-refractivity contribution in [2.24, 2.45) is 0 Å². The first kappa shape index (κ1) is 14.8. The van der Waals surface area contributed by atoms with Gasteiger partial charge in [0.25, 0.3) is 0 Å². The highest BCUT2D eigenvalue weighted by atomic mass is 35.5. The smallest absolute Gasteiger partial charge is 0.233 e. The first-order valence-corrected chi connectivity index (χ1v) is 6.42. The first-order chi connectivity index (χ1) is 9.34. The van der Waals surface area contributed by atoms with Gasteiger partial charge in [-0.15, -0.1) is 0 Å². The van der Waals surface area contributed by atoms with Crippen molar-refractivity contribution in [3.8, 4) is 11.4 Å². The number of hydrogen-bond acceptors (Lipinski definition) is 2. The lowest BCUT2D eigenvalue weighted by Crippen LogP contribution is -2.09. The molecule has 2 rings (SSSR count). The molecule has 6 heteroatoms. The number of aryl methyl sites for hydroxylation is 1. The second kappa shape index (κ2) is 5.40. The predicted octanol–water partition coefficient (Wildman–Crippen LogP) is 4.69. The number of alkyl halides is 3. The number of halogens is 4. The maximum absolute atomic E-state index is 13.0. The van der Waals surface area contributed by atoms with E-state index in [1.54, 1.807) is 6.92 Å². The third-order valence-corrected chi connectivity index (χ3v) is 3.36. The molecule has 0 saturated heterocycles. The van der Waals surface area contributed by atoms with Gasteiger partial charge in [-0.3, -0.25) is 0 Å². The van der Waals surface area contributed by atoms with Gasteiger partial charge < -0.3 is 0 Å². The fourth-order valence-electron chi connectivity index (χ4n) is 1.92. The summed E-state index contributed by atoms with van der Waals surface area (Å²) in [6.45, 7) is 3.62. The molecule has 0 radical (unpaired) electrons. The fourth-order valence-corrected chi connectivity index (χ4v) is 2.11. The highest BCUT2D eigenvalue weighted by Gasteiger charge is 2.34. The lowest BCUT2D eigenvalue weighted by molar-refractivity contribution is -0.137. The summed E-state index contributed by atoms with van der Waals surface area (Å²) in [5.74, 6) is 0.00498. The summed E-state index contributed by atoms with van der Waals surface area (Å²) in [6, 6.07) is 5.22. The third kappa shape index (κ3) is 2.77. The Labute approximate surface area is 119 Å². The second-order valence-electron chi connectivity index (χ2n) is 4.31. The average molecular weight is 301 g/mol. The van der Waals surface area contributed by atoms with Crippen molar-refractivity contribution in [2.75, 3.05) is 0 Å². The molecule has 20 heavy (non-hydrogen) atoms. The van der Waals surface area contributed by atoms with Crippen LogP contribution in [0.25, 0.3) is 11.4 Å². The van der Waals surface area contributed by atoms with Crippen molar-refractivity contribution in [3.63, 3.8) is 0 Å². The van der Waals surface area contributed by atoms with Crippen LogP contribution in [0.4, 0.5) is 13.2 Å². The van der Waals surface area contributed by atoms with Gasteiger partial charge in [-0.2, -0.15) is 13.2 Å². The maximum Gasteiger partial charge on any atom is 0.417 e. The number of nitrogens with zero attached hydrogens (tertiary/aromatic N) is 2. The summed E-state index contributed by atoms with van der Waals surface area (Å²) >= 11 is 5.98. The summed E-state index contributed by atoms with van der Waals surface area (Å²) in [4.78, 5) is 8.18. The molecule has 0 unspecified atom stereocenters. The van der Waals surface area contributed by atoms with Crippen molar-refractivity contribution < 1.29 is 13.2 Å². The Morgan fingerprint density at radius 2 is 1.80 bits per heavy atom. The summed E-state index contributed by atoms with van der Waals surface area (Å²) < 4.78 is 39.0. The Kier molecular flexibility index (Phi) is 3.99. The van der Waals surface area contributed by atoms with Crippen molar-refractivity contribution in [2.45, 2.75) is 26.4 Å². The van der Waals surface area contributed by atoms with Gasteiger partial charge in [0.1, 0.15) is 5.15 Å². The number of rotatable bonds is 2. The van der Waals surface area contributed by atoms with Gasteiger partial charge in [-0.1, -0.05) is 36.7 Å². The molecular weight excluding hydrogens is 289 g/mol. The Morgan fingerprint density at radius 1 is 1.15 bits per heavy atom. The highest BCUT2D eigenvalue weighted by Crippen LogP contribution is 2.36. The predicted molar refractivity (Wildman–Crippen MR) is 71.6 cm³/mol. The van der Waals surface area contributed by atoms with Crippen LogP contribution in [-0.4, -0.2) is 9.97 Å². The van der Waals surface area contributed by atoms with Crippen LogP contribution < -0.4 is 0 Å². The Balaban J connectivity index is 2.67. The van der Waals surface area contributed by atoms with E-state index in [9.17, 15) is 13.2 Å². The van der Waals surface area contributed by atoms with Crippen molar-refractivity contribution >= 4 is 11.6 Å². The van der Waals surface area contributed by atoms with E-state index in [4.69, 9.17) is 11.6 Å². The lowest BCUT2D eigenvalue weighted by atomic mass is 10.1. The zero-order valence-electron chi connectivity index (χ0n) is 10.9. The molecule has 0 fully saturated rings. The topological polar surface area (TPSA) is 25.8 Å². The van der Waals surface area contributed by atoms with Gasteiger partial charge >= 0.3 is 6.18 Å². The van der Waals surface area contributed by atoms with Gasteiger partial charge in [0.05, 0.1) is 5.56 Å². The molecule has 0 spiro atoms. The molecule has 0 amide bonds. The normalized spacial score (nSPS) is 11.7. The van der Waals surface area contributed by atoms with Crippen LogP contribution in [-0.2, 0) is 12.6 Å². The molecule has 0 atom stereocenters. The van der Waals surface area contributed by atoms with Gasteiger partial charge in [0, 0.05) is 16.8 Å². The molecular formula is C14H12ClF3N2. The van der Waals surface area contributed by atoms with Gasteiger partial charge in [0.2, 0.25) is 0 Å².